The van der Waals surface area contributed by atoms with Gasteiger partial charge in [-0.2, -0.15) is 13.2 Å². The number of carbonyl (C=O) groups excluding carboxylic acids is 1. The smallest absolute Gasteiger partial charge is 0.475 e. The fourth-order valence-electron chi connectivity index (χ4n) is 3.97. The third kappa shape index (κ3) is 6.51. The van der Waals surface area contributed by atoms with Crippen LogP contribution < -0.4 is 0 Å². The molecule has 1 N–H and O–H groups in total. The molecular formula is C18H32F3N3O4. The highest BCUT2D eigenvalue weighted by molar-refractivity contribution is 5.74. The summed E-state index contributed by atoms with van der Waals surface area (Å²) in [7, 11) is 5.45. The molecule has 0 aliphatic carbocycles. The molecule has 28 heavy (non-hydrogen) atoms. The van der Waals surface area contributed by atoms with Gasteiger partial charge in [-0.3, -0.25) is 4.90 Å². The Labute approximate surface area is 164 Å². The third-order valence-electron chi connectivity index (χ3n) is 5.40. The van der Waals surface area contributed by atoms with Gasteiger partial charge in [0.1, 0.15) is 0 Å². The maximum Gasteiger partial charge on any atom is 0.490 e. The Bertz CT molecular complexity index is 533. The summed E-state index contributed by atoms with van der Waals surface area (Å²) in [5, 5.41) is 7.12. The third-order valence-corrected chi connectivity index (χ3v) is 5.40. The number of hydrogen-bond donors (Lipinski definition) is 1. The highest BCUT2D eigenvalue weighted by Gasteiger charge is 2.46. The van der Waals surface area contributed by atoms with Crippen molar-refractivity contribution in [2.75, 3.05) is 47.4 Å². The van der Waals surface area contributed by atoms with Crippen LogP contribution in [0.2, 0.25) is 0 Å². The van der Waals surface area contributed by atoms with Crippen LogP contribution in [-0.2, 0) is 9.53 Å². The highest BCUT2D eigenvalue weighted by atomic mass is 19.4. The summed E-state index contributed by atoms with van der Waals surface area (Å²) in [4.78, 5) is 27.2. The number of carboxylic acid groups (broad SMARTS) is 1. The number of rotatable bonds is 3. The number of urea groups is 1. The van der Waals surface area contributed by atoms with Gasteiger partial charge in [0.15, 0.2) is 0 Å². The molecule has 2 rings (SSSR count). The Kier molecular flexibility index (Phi) is 8.55. The number of ether oxygens (including phenoxy) is 1. The summed E-state index contributed by atoms with van der Waals surface area (Å²) in [5.41, 5.74) is 0.385. The number of alkyl halides is 3. The van der Waals surface area contributed by atoms with Crippen molar-refractivity contribution in [2.45, 2.75) is 51.4 Å². The van der Waals surface area contributed by atoms with Gasteiger partial charge in [-0.15, -0.1) is 0 Å². The number of amides is 2. The summed E-state index contributed by atoms with van der Waals surface area (Å²) < 4.78 is 37.2. The number of carbonyl (C=O) groups is 2. The SMILES string of the molecule is COCC1CC2(CCN(C(=O)N(C)C)CC2)CN1C(C)C.O=C(O)C(F)(F)F. The van der Waals surface area contributed by atoms with Gasteiger partial charge in [0, 0.05) is 52.9 Å². The first-order valence-electron chi connectivity index (χ1n) is 9.34. The first kappa shape index (κ1) is 24.5. The van der Waals surface area contributed by atoms with Crippen LogP contribution in [0, 0.1) is 5.41 Å². The highest BCUT2D eigenvalue weighted by Crippen LogP contribution is 2.44. The number of halogens is 3. The number of aliphatic carboxylic acids is 1. The van der Waals surface area contributed by atoms with Gasteiger partial charge in [-0.25, -0.2) is 9.59 Å². The lowest BCUT2D eigenvalue weighted by molar-refractivity contribution is -0.192. The molecule has 0 aromatic rings. The minimum atomic E-state index is -5.08. The van der Waals surface area contributed by atoms with Crippen molar-refractivity contribution in [2.24, 2.45) is 5.41 Å². The second-order valence-electron chi connectivity index (χ2n) is 8.05. The lowest BCUT2D eigenvalue weighted by atomic mass is 9.76. The molecule has 10 heteroatoms. The van der Waals surface area contributed by atoms with Gasteiger partial charge in [0.25, 0.3) is 0 Å². The van der Waals surface area contributed by atoms with Crippen LogP contribution in [0.4, 0.5) is 18.0 Å². The summed E-state index contributed by atoms with van der Waals surface area (Å²) in [6, 6.07) is 1.24. The fourth-order valence-corrected chi connectivity index (χ4v) is 3.97. The molecule has 2 fully saturated rings. The number of piperidine rings is 1. The van der Waals surface area contributed by atoms with E-state index in [2.05, 4.69) is 18.7 Å². The molecule has 1 unspecified atom stereocenters. The minimum Gasteiger partial charge on any atom is -0.475 e. The zero-order valence-corrected chi connectivity index (χ0v) is 17.3. The van der Waals surface area contributed by atoms with Crippen LogP contribution in [0.15, 0.2) is 0 Å². The molecule has 0 bridgehead atoms. The Balaban J connectivity index is 0.000000480. The van der Waals surface area contributed by atoms with Crippen LogP contribution in [-0.4, -0.2) is 97.5 Å². The second kappa shape index (κ2) is 9.78. The van der Waals surface area contributed by atoms with Crippen LogP contribution >= 0.6 is 0 Å². The summed E-state index contributed by atoms with van der Waals surface area (Å²) in [6.45, 7) is 8.30. The number of hydrogen-bond acceptors (Lipinski definition) is 4. The van der Waals surface area contributed by atoms with Crippen molar-refractivity contribution in [3.63, 3.8) is 0 Å². The van der Waals surface area contributed by atoms with E-state index in [1.807, 2.05) is 19.0 Å². The van der Waals surface area contributed by atoms with Crippen LogP contribution in [0.25, 0.3) is 0 Å². The van der Waals surface area contributed by atoms with Gasteiger partial charge < -0.3 is 19.6 Å². The molecule has 2 aliphatic rings. The van der Waals surface area contributed by atoms with Crippen molar-refractivity contribution in [3.8, 4) is 0 Å². The number of methoxy groups -OCH3 is 1. The summed E-state index contributed by atoms with van der Waals surface area (Å²) >= 11 is 0. The Morgan fingerprint density at radius 1 is 1.25 bits per heavy atom. The van der Waals surface area contributed by atoms with Gasteiger partial charge in [0.2, 0.25) is 0 Å². The predicted molar refractivity (Wildman–Crippen MR) is 98.1 cm³/mol. The molecule has 2 aliphatic heterocycles. The zero-order valence-electron chi connectivity index (χ0n) is 17.3. The Hall–Kier alpha value is -1.55. The maximum absolute atomic E-state index is 12.1. The van der Waals surface area contributed by atoms with Crippen molar-refractivity contribution in [1.82, 2.24) is 14.7 Å². The topological polar surface area (TPSA) is 73.3 Å². The average molecular weight is 411 g/mol. The fraction of sp³-hybridized carbons (Fsp3) is 0.889. The standard InChI is InChI=1S/C16H31N3O2.C2HF3O2/c1-13(2)19-12-16(10-14(19)11-21-5)6-8-18(9-7-16)15(20)17(3)4;3-2(4,5)1(6)7/h13-14H,6-12H2,1-5H3;(H,6,7). The molecule has 0 aromatic heterocycles. The van der Waals surface area contributed by atoms with Gasteiger partial charge in [0.05, 0.1) is 6.61 Å². The summed E-state index contributed by atoms with van der Waals surface area (Å²) in [6.07, 6.45) is -1.63. The maximum atomic E-state index is 12.1. The molecule has 2 amide bonds. The number of carboxylic acids is 1. The minimum absolute atomic E-state index is 0.150. The first-order chi connectivity index (χ1) is 12.8. The van der Waals surface area contributed by atoms with Gasteiger partial charge >= 0.3 is 18.2 Å². The van der Waals surface area contributed by atoms with E-state index in [1.165, 1.54) is 6.42 Å². The first-order valence-corrected chi connectivity index (χ1v) is 9.34. The van der Waals surface area contributed by atoms with Crippen molar-refractivity contribution >= 4 is 12.0 Å². The lowest BCUT2D eigenvalue weighted by Crippen LogP contribution is -2.47. The molecule has 1 spiro atoms. The molecule has 164 valence electrons. The normalized spacial score (nSPS) is 22.2. The predicted octanol–water partition coefficient (Wildman–Crippen LogP) is 2.51. The monoisotopic (exact) mass is 411 g/mol. The van der Waals surface area contributed by atoms with Crippen molar-refractivity contribution in [3.05, 3.63) is 0 Å². The molecule has 0 radical (unpaired) electrons. The molecule has 1 atom stereocenters. The van der Waals surface area contributed by atoms with E-state index in [9.17, 15) is 18.0 Å². The van der Waals surface area contributed by atoms with E-state index in [4.69, 9.17) is 14.6 Å². The quantitative estimate of drug-likeness (QED) is 0.773. The zero-order chi connectivity index (χ0) is 21.7. The van der Waals surface area contributed by atoms with Crippen LogP contribution in [0.5, 0.6) is 0 Å². The van der Waals surface area contributed by atoms with E-state index < -0.39 is 12.1 Å². The van der Waals surface area contributed by atoms with E-state index in [-0.39, 0.29) is 6.03 Å². The molecule has 0 saturated carbocycles. The van der Waals surface area contributed by atoms with E-state index in [0.29, 0.717) is 17.5 Å². The number of likely N-dealkylation sites (tertiary alicyclic amines) is 2. The van der Waals surface area contributed by atoms with Crippen molar-refractivity contribution in [1.29, 1.82) is 0 Å². The van der Waals surface area contributed by atoms with E-state index in [0.717, 1.165) is 39.1 Å². The van der Waals surface area contributed by atoms with Gasteiger partial charge in [-0.1, -0.05) is 0 Å². The van der Waals surface area contributed by atoms with Gasteiger partial charge in [-0.05, 0) is 38.5 Å². The molecule has 7 nitrogen and oxygen atoms in total. The molecule has 2 heterocycles. The van der Waals surface area contributed by atoms with Crippen LogP contribution in [0.1, 0.15) is 33.1 Å². The van der Waals surface area contributed by atoms with Crippen molar-refractivity contribution < 1.29 is 32.6 Å². The second-order valence-corrected chi connectivity index (χ2v) is 8.05. The van der Waals surface area contributed by atoms with E-state index >= 15 is 0 Å². The molecule has 0 aromatic carbocycles. The molecule has 2 saturated heterocycles. The van der Waals surface area contributed by atoms with E-state index in [1.54, 1.807) is 12.0 Å². The summed E-state index contributed by atoms with van der Waals surface area (Å²) in [5.74, 6) is -2.76. The average Bonchev–Trinajstić information content (AvgIpc) is 2.93. The Morgan fingerprint density at radius 2 is 1.75 bits per heavy atom. The van der Waals surface area contributed by atoms with Crippen LogP contribution in [0.3, 0.4) is 0 Å². The molecular weight excluding hydrogens is 379 g/mol. The largest absolute Gasteiger partial charge is 0.490 e. The lowest BCUT2D eigenvalue weighted by Gasteiger charge is -2.40. The Morgan fingerprint density at radius 3 is 2.11 bits per heavy atom. The number of nitrogens with zero attached hydrogens (tertiary/aromatic N) is 3.